The fourth-order valence-electron chi connectivity index (χ4n) is 1.45. The molecule has 0 saturated heterocycles. The number of hydrogen-bond acceptors (Lipinski definition) is 5. The summed E-state index contributed by atoms with van der Waals surface area (Å²) in [6.07, 6.45) is 2.59. The van der Waals surface area contributed by atoms with Gasteiger partial charge in [-0.15, -0.1) is 0 Å². The summed E-state index contributed by atoms with van der Waals surface area (Å²) in [4.78, 5) is 0. The molecule has 0 saturated carbocycles. The van der Waals surface area contributed by atoms with Gasteiger partial charge in [-0.2, -0.15) is 8.42 Å². The molecule has 1 N–H and O–H groups in total. The second-order valence-corrected chi connectivity index (χ2v) is 6.99. The number of rotatable bonds is 4. The predicted molar refractivity (Wildman–Crippen MR) is 92.2 cm³/mol. The van der Waals surface area contributed by atoms with E-state index in [9.17, 15) is 21.4 Å². The average molecular weight is 390 g/mol. The third-order valence-electron chi connectivity index (χ3n) is 2.46. The van der Waals surface area contributed by atoms with Crippen LogP contribution in [0.2, 0.25) is 0 Å². The van der Waals surface area contributed by atoms with Gasteiger partial charge in [-0.25, -0.2) is 8.42 Å². The first kappa shape index (κ1) is 23.7. The van der Waals surface area contributed by atoms with Crippen LogP contribution in [0.25, 0.3) is 12.2 Å². The van der Waals surface area contributed by atoms with Crippen molar-refractivity contribution in [1.29, 1.82) is 0 Å². The molecule has 25 heavy (non-hydrogen) atoms. The normalized spacial score (nSPS) is 11.6. The van der Waals surface area contributed by atoms with Crippen molar-refractivity contribution in [1.82, 2.24) is 0 Å². The zero-order valence-electron chi connectivity index (χ0n) is 13.4. The Hall–Kier alpha value is -1.26. The molecule has 2 aromatic carbocycles. The van der Waals surface area contributed by atoms with E-state index in [1.165, 1.54) is 12.2 Å². The summed E-state index contributed by atoms with van der Waals surface area (Å²) in [5, 5.41) is 1.39. The van der Waals surface area contributed by atoms with Crippen LogP contribution in [-0.4, -0.2) is 25.9 Å². The van der Waals surface area contributed by atoms with E-state index in [4.69, 9.17) is 4.55 Å². The molecule has 128 valence electrons. The minimum atomic E-state index is -4.25. The molecule has 0 bridgehead atoms. The summed E-state index contributed by atoms with van der Waals surface area (Å²) in [6.45, 7) is 0. The topological polar surface area (TPSA) is 112 Å². The maximum atomic E-state index is 10.3. The molecule has 2 aromatic rings. The maximum absolute atomic E-state index is 10.3. The van der Waals surface area contributed by atoms with Crippen molar-refractivity contribution in [3.05, 3.63) is 82.6 Å². The van der Waals surface area contributed by atoms with E-state index in [2.05, 4.69) is 0 Å². The van der Waals surface area contributed by atoms with Crippen molar-refractivity contribution < 1.29 is 55.5 Å². The molecule has 2 rings (SSSR count). The van der Waals surface area contributed by atoms with Gasteiger partial charge in [-0.3, -0.25) is 4.55 Å². The summed E-state index contributed by atoms with van der Waals surface area (Å²) in [6, 6.07) is 17.6. The van der Waals surface area contributed by atoms with Crippen molar-refractivity contribution in [2.75, 3.05) is 0 Å². The van der Waals surface area contributed by atoms with E-state index >= 15 is 0 Å². The SMILES string of the molecule is O=S(=O)(O)C=Cc1ccccc1.O=S(=O)([O-])C=Cc1ccccc1.[Na+]. The van der Waals surface area contributed by atoms with Crippen molar-refractivity contribution in [3.63, 3.8) is 0 Å². The van der Waals surface area contributed by atoms with Crippen LogP contribution in [0.4, 0.5) is 0 Å². The van der Waals surface area contributed by atoms with Crippen molar-refractivity contribution in [3.8, 4) is 0 Å². The van der Waals surface area contributed by atoms with Gasteiger partial charge in [0.25, 0.3) is 10.1 Å². The smallest absolute Gasteiger partial charge is 0.744 e. The molecule has 0 heterocycles. The van der Waals surface area contributed by atoms with Crippen LogP contribution in [0.1, 0.15) is 11.1 Å². The number of benzene rings is 2. The van der Waals surface area contributed by atoms with Gasteiger partial charge in [0, 0.05) is 5.41 Å². The van der Waals surface area contributed by atoms with Crippen LogP contribution in [0.3, 0.4) is 0 Å². The monoisotopic (exact) mass is 390 g/mol. The molecule has 0 aliphatic heterocycles. The van der Waals surface area contributed by atoms with Gasteiger partial charge in [0.1, 0.15) is 10.1 Å². The van der Waals surface area contributed by atoms with Crippen LogP contribution in [0.5, 0.6) is 0 Å². The molecular weight excluding hydrogens is 375 g/mol. The number of hydrogen-bond donors (Lipinski definition) is 1. The van der Waals surface area contributed by atoms with E-state index in [-0.39, 0.29) is 29.6 Å². The Bertz CT molecular complexity index is 813. The molecule has 0 aliphatic carbocycles. The van der Waals surface area contributed by atoms with Crippen LogP contribution in [0.15, 0.2) is 71.5 Å². The minimum absolute atomic E-state index is 0. The third kappa shape index (κ3) is 13.7. The molecule has 6 nitrogen and oxygen atoms in total. The first-order chi connectivity index (χ1) is 11.2. The Labute approximate surface area is 169 Å². The van der Waals surface area contributed by atoms with Crippen LogP contribution in [-0.2, 0) is 20.2 Å². The fourth-order valence-corrected chi connectivity index (χ4v) is 2.11. The van der Waals surface area contributed by atoms with Gasteiger partial charge in [0.15, 0.2) is 0 Å². The summed E-state index contributed by atoms with van der Waals surface area (Å²) in [5.41, 5.74) is 1.42. The Morgan fingerprint density at radius 2 is 1.08 bits per heavy atom. The average Bonchev–Trinajstić information content (AvgIpc) is 2.52. The van der Waals surface area contributed by atoms with Gasteiger partial charge in [-0.05, 0) is 23.3 Å². The van der Waals surface area contributed by atoms with E-state index in [1.54, 1.807) is 48.5 Å². The van der Waals surface area contributed by atoms with Crippen molar-refractivity contribution in [2.24, 2.45) is 0 Å². The standard InChI is InChI=1S/2C8H8O3S.Na/c2*9-12(10,11)7-6-8-4-2-1-3-5-8;/h2*1-7H,(H,9,10,11);/q;;+1/p-1. The molecule has 0 fully saturated rings. The summed E-state index contributed by atoms with van der Waals surface area (Å²) in [5.74, 6) is 0. The molecular formula is C16H15NaO6S2. The molecule has 0 aromatic heterocycles. The first-order valence-corrected chi connectivity index (χ1v) is 9.53. The van der Waals surface area contributed by atoms with Gasteiger partial charge < -0.3 is 4.55 Å². The third-order valence-corrected chi connectivity index (χ3v) is 3.41. The van der Waals surface area contributed by atoms with Crippen LogP contribution < -0.4 is 29.6 Å². The van der Waals surface area contributed by atoms with E-state index in [0.717, 1.165) is 11.0 Å². The second-order valence-electron chi connectivity index (χ2n) is 4.43. The first-order valence-electron chi connectivity index (χ1n) is 6.55. The maximum Gasteiger partial charge on any atom is 1.00 e. The molecule has 0 unspecified atom stereocenters. The molecule has 0 spiro atoms. The second kappa shape index (κ2) is 11.4. The zero-order valence-corrected chi connectivity index (χ0v) is 17.0. The van der Waals surface area contributed by atoms with E-state index < -0.39 is 20.2 Å². The Morgan fingerprint density at radius 1 is 0.720 bits per heavy atom. The molecule has 0 amide bonds. The van der Waals surface area contributed by atoms with E-state index in [0.29, 0.717) is 11.0 Å². The zero-order chi connectivity index (χ0) is 18.1. The van der Waals surface area contributed by atoms with Gasteiger partial charge >= 0.3 is 29.6 Å². The van der Waals surface area contributed by atoms with E-state index in [1.807, 2.05) is 12.1 Å². The quantitative estimate of drug-likeness (QED) is 0.569. The Balaban J connectivity index is 0.000000443. The van der Waals surface area contributed by atoms with Crippen molar-refractivity contribution >= 4 is 32.4 Å². The van der Waals surface area contributed by atoms with Crippen molar-refractivity contribution in [2.45, 2.75) is 0 Å². The Morgan fingerprint density at radius 3 is 1.40 bits per heavy atom. The van der Waals surface area contributed by atoms with Crippen LogP contribution in [0, 0.1) is 0 Å². The molecule has 0 aliphatic rings. The summed E-state index contributed by atoms with van der Waals surface area (Å²) in [7, 11) is -8.26. The fraction of sp³-hybridized carbons (Fsp3) is 0. The van der Waals surface area contributed by atoms with Gasteiger partial charge in [0.05, 0.1) is 5.41 Å². The molecule has 0 radical (unpaired) electrons. The van der Waals surface area contributed by atoms with Gasteiger partial charge in [-0.1, -0.05) is 60.7 Å². The molecule has 9 heteroatoms. The Kier molecular flexibility index (Phi) is 10.8. The van der Waals surface area contributed by atoms with Gasteiger partial charge in [0.2, 0.25) is 0 Å². The summed E-state index contributed by atoms with van der Waals surface area (Å²) >= 11 is 0. The predicted octanol–water partition coefficient (Wildman–Crippen LogP) is -0.248. The molecule has 0 atom stereocenters. The minimum Gasteiger partial charge on any atom is -0.744 e. The largest absolute Gasteiger partial charge is 1.00 e. The summed E-state index contributed by atoms with van der Waals surface area (Å²) < 4.78 is 59.4. The van der Waals surface area contributed by atoms with Crippen LogP contribution >= 0.6 is 0 Å².